The molecule has 0 spiro atoms. The molecule has 3 unspecified atom stereocenters. The van der Waals surface area contributed by atoms with Gasteiger partial charge in [0.15, 0.2) is 0 Å². The first kappa shape index (κ1) is 69.7. The Morgan fingerprint density at radius 3 is 1.14 bits per heavy atom. The number of aliphatic hydroxyl groups excluding tert-OH is 1. The molecule has 0 saturated carbocycles. The number of unbranched alkanes of at least 4 members (excludes halogenated alkanes) is 40. The second kappa shape index (κ2) is 53.5. The number of rotatable bonds is 57. The normalized spacial score (nSPS) is 14.1. The number of hydrogen-bond donors (Lipinski definition) is 2. The number of carbonyl (C=O) groups is 1. The van der Waals surface area contributed by atoms with Gasteiger partial charge in [-0.05, 0) is 57.8 Å². The average molecular weight is 1020 g/mol. The summed E-state index contributed by atoms with van der Waals surface area (Å²) in [6.45, 7) is 4.67. The number of nitrogens with zero attached hydrogens (tertiary/aromatic N) is 1. The van der Waals surface area contributed by atoms with Gasteiger partial charge in [-0.15, -0.1) is 0 Å². The van der Waals surface area contributed by atoms with E-state index in [2.05, 4.69) is 43.5 Å². The monoisotopic (exact) mass is 1020 g/mol. The van der Waals surface area contributed by atoms with Gasteiger partial charge in [0.1, 0.15) is 13.2 Å². The molecule has 0 rings (SSSR count). The highest BCUT2D eigenvalue weighted by Crippen LogP contribution is 2.38. The number of allylic oxidation sites excluding steroid dienone is 5. The number of phosphoric acid groups is 1. The fourth-order valence-corrected chi connectivity index (χ4v) is 9.95. The van der Waals surface area contributed by atoms with Gasteiger partial charge in [-0.3, -0.25) is 9.36 Å². The fourth-order valence-electron chi connectivity index (χ4n) is 9.23. The van der Waals surface area contributed by atoms with E-state index in [-0.39, 0.29) is 12.5 Å². The number of quaternary nitrogens is 1. The molecule has 0 aliphatic rings. The number of amides is 1. The number of hydrogen-bond acceptors (Lipinski definition) is 6. The zero-order valence-electron chi connectivity index (χ0n) is 47.9. The largest absolute Gasteiger partial charge is 0.756 e. The van der Waals surface area contributed by atoms with Gasteiger partial charge in [0, 0.05) is 6.42 Å². The number of phosphoric ester groups is 1. The van der Waals surface area contributed by atoms with Crippen LogP contribution in [0.2, 0.25) is 0 Å². The van der Waals surface area contributed by atoms with E-state index < -0.39 is 26.6 Å². The lowest BCUT2D eigenvalue weighted by Crippen LogP contribution is -2.45. The Morgan fingerprint density at radius 1 is 0.479 bits per heavy atom. The summed E-state index contributed by atoms with van der Waals surface area (Å²) in [7, 11) is 1.25. The SMILES string of the molecule is CCCCCCCCCCCCCC/C=C\CCCCCCCCCCCCCCC(=O)NC(COP(=O)([O-])OCC[N+](C)(C)C)C(O)/C=C/CC/C=C/CCCCCCCCCCCCCCCCC. The molecule has 71 heavy (non-hydrogen) atoms. The summed E-state index contributed by atoms with van der Waals surface area (Å²) in [4.78, 5) is 25.5. The molecule has 3 atom stereocenters. The van der Waals surface area contributed by atoms with Crippen LogP contribution < -0.4 is 10.2 Å². The minimum absolute atomic E-state index is 0.00542. The van der Waals surface area contributed by atoms with Crippen LogP contribution in [0.3, 0.4) is 0 Å². The van der Waals surface area contributed by atoms with Crippen molar-refractivity contribution in [2.75, 3.05) is 40.9 Å². The highest BCUT2D eigenvalue weighted by molar-refractivity contribution is 7.45. The van der Waals surface area contributed by atoms with Crippen LogP contribution in [0.4, 0.5) is 0 Å². The summed E-state index contributed by atoms with van der Waals surface area (Å²) in [5.74, 6) is -0.203. The smallest absolute Gasteiger partial charge is 0.268 e. The first-order chi connectivity index (χ1) is 34.5. The molecule has 420 valence electrons. The van der Waals surface area contributed by atoms with Gasteiger partial charge in [-0.2, -0.15) is 0 Å². The Labute approximate surface area is 442 Å². The maximum absolute atomic E-state index is 13.0. The maximum Gasteiger partial charge on any atom is 0.268 e. The number of nitrogens with one attached hydrogen (secondary N) is 1. The molecule has 0 bridgehead atoms. The molecule has 0 aliphatic heterocycles. The molecular weight excluding hydrogens is 900 g/mol. The molecule has 0 heterocycles. The van der Waals surface area contributed by atoms with Crippen molar-refractivity contribution in [1.82, 2.24) is 5.32 Å². The standard InChI is InChI=1S/C62H121N2O6P/c1-6-8-10-12-14-16-18-20-22-24-26-28-29-30-31-32-33-34-36-38-40-42-44-46-48-50-52-54-56-62(66)63-60(59-70-71(67,68)69-58-57-64(3,4)5)61(65)55-53-51-49-47-45-43-41-39-37-35-27-25-23-21-19-17-15-13-11-9-7-2/h30-31,45,47,53,55,60-61,65H,6-29,32-44,46,48-52,54,56-59H2,1-5H3,(H-,63,66,67,68)/b31-30-,47-45+,55-53+. The highest BCUT2D eigenvalue weighted by Gasteiger charge is 2.23. The van der Waals surface area contributed by atoms with Crippen molar-refractivity contribution in [3.05, 3.63) is 36.5 Å². The van der Waals surface area contributed by atoms with E-state index in [1.54, 1.807) is 6.08 Å². The van der Waals surface area contributed by atoms with Gasteiger partial charge in [0.25, 0.3) is 7.82 Å². The van der Waals surface area contributed by atoms with Gasteiger partial charge in [-0.1, -0.05) is 275 Å². The van der Waals surface area contributed by atoms with Crippen molar-refractivity contribution in [1.29, 1.82) is 0 Å². The van der Waals surface area contributed by atoms with Crippen molar-refractivity contribution in [2.24, 2.45) is 0 Å². The van der Waals surface area contributed by atoms with E-state index in [4.69, 9.17) is 9.05 Å². The predicted octanol–water partition coefficient (Wildman–Crippen LogP) is 18.3. The number of aliphatic hydroxyl groups is 1. The molecule has 0 fully saturated rings. The third-order valence-electron chi connectivity index (χ3n) is 14.1. The number of likely N-dealkylation sites (N-methyl/N-ethyl adjacent to an activating group) is 1. The molecule has 0 radical (unpaired) electrons. The van der Waals surface area contributed by atoms with Crippen LogP contribution in [-0.4, -0.2) is 68.5 Å². The molecule has 0 aromatic heterocycles. The lowest BCUT2D eigenvalue weighted by molar-refractivity contribution is -0.870. The second-order valence-corrected chi connectivity index (χ2v) is 23.8. The Kier molecular flexibility index (Phi) is 52.6. The summed E-state index contributed by atoms with van der Waals surface area (Å²) in [5, 5.41) is 13.9. The van der Waals surface area contributed by atoms with E-state index >= 15 is 0 Å². The third kappa shape index (κ3) is 56.3. The average Bonchev–Trinajstić information content (AvgIpc) is 3.33. The van der Waals surface area contributed by atoms with E-state index in [0.29, 0.717) is 17.4 Å². The Hall–Kier alpha value is -1.28. The summed E-state index contributed by atoms with van der Waals surface area (Å²) >= 11 is 0. The molecule has 9 heteroatoms. The molecule has 1 amide bonds. The summed E-state index contributed by atoms with van der Waals surface area (Å²) < 4.78 is 23.4. The first-order valence-electron chi connectivity index (χ1n) is 30.9. The Morgan fingerprint density at radius 2 is 0.789 bits per heavy atom. The van der Waals surface area contributed by atoms with Crippen molar-refractivity contribution < 1.29 is 32.9 Å². The molecule has 0 aliphatic carbocycles. The van der Waals surface area contributed by atoms with Crippen molar-refractivity contribution in [2.45, 2.75) is 315 Å². The van der Waals surface area contributed by atoms with Gasteiger partial charge in [0.05, 0.1) is 39.9 Å². The van der Waals surface area contributed by atoms with Crippen LogP contribution in [0, 0.1) is 0 Å². The van der Waals surface area contributed by atoms with Crippen LogP contribution >= 0.6 is 7.82 Å². The topological polar surface area (TPSA) is 108 Å². The second-order valence-electron chi connectivity index (χ2n) is 22.4. The molecule has 0 aromatic rings. The van der Waals surface area contributed by atoms with Crippen molar-refractivity contribution in [3.63, 3.8) is 0 Å². The van der Waals surface area contributed by atoms with E-state index in [1.807, 2.05) is 27.2 Å². The van der Waals surface area contributed by atoms with Crippen LogP contribution in [0.1, 0.15) is 303 Å². The Bertz CT molecular complexity index is 1250. The van der Waals surface area contributed by atoms with E-state index in [1.165, 1.54) is 244 Å². The van der Waals surface area contributed by atoms with E-state index in [0.717, 1.165) is 38.5 Å². The summed E-state index contributed by atoms with van der Waals surface area (Å²) in [6, 6.07) is -0.903. The zero-order valence-corrected chi connectivity index (χ0v) is 48.8. The minimum Gasteiger partial charge on any atom is -0.756 e. The van der Waals surface area contributed by atoms with Crippen LogP contribution in [-0.2, 0) is 18.4 Å². The van der Waals surface area contributed by atoms with Crippen LogP contribution in [0.5, 0.6) is 0 Å². The quantitative estimate of drug-likeness (QED) is 0.0272. The molecular formula is C62H121N2O6P. The van der Waals surface area contributed by atoms with Crippen LogP contribution in [0.25, 0.3) is 0 Å². The molecule has 8 nitrogen and oxygen atoms in total. The Balaban J connectivity index is 4.16. The number of carbonyl (C=O) groups excluding carboxylic acids is 1. The third-order valence-corrected chi connectivity index (χ3v) is 15.0. The zero-order chi connectivity index (χ0) is 52.0. The van der Waals surface area contributed by atoms with Gasteiger partial charge >= 0.3 is 0 Å². The summed E-state index contributed by atoms with van der Waals surface area (Å²) in [5.41, 5.74) is 0. The van der Waals surface area contributed by atoms with Gasteiger partial charge in [0.2, 0.25) is 5.91 Å². The molecule has 0 saturated heterocycles. The lowest BCUT2D eigenvalue weighted by atomic mass is 10.0. The van der Waals surface area contributed by atoms with Crippen molar-refractivity contribution >= 4 is 13.7 Å². The predicted molar refractivity (Wildman–Crippen MR) is 307 cm³/mol. The van der Waals surface area contributed by atoms with Crippen molar-refractivity contribution in [3.8, 4) is 0 Å². The molecule has 2 N–H and O–H groups in total. The highest BCUT2D eigenvalue weighted by atomic mass is 31.2. The molecule has 0 aromatic carbocycles. The minimum atomic E-state index is -4.61. The maximum atomic E-state index is 13.0. The van der Waals surface area contributed by atoms with Gasteiger partial charge < -0.3 is 28.8 Å². The van der Waals surface area contributed by atoms with E-state index in [9.17, 15) is 19.4 Å². The lowest BCUT2D eigenvalue weighted by Gasteiger charge is -2.29. The van der Waals surface area contributed by atoms with Gasteiger partial charge in [-0.25, -0.2) is 0 Å². The fraction of sp³-hybridized carbons (Fsp3) is 0.887. The van der Waals surface area contributed by atoms with Crippen LogP contribution in [0.15, 0.2) is 36.5 Å². The summed E-state index contributed by atoms with van der Waals surface area (Å²) in [6.07, 6.45) is 69.5. The first-order valence-corrected chi connectivity index (χ1v) is 32.3.